The highest BCUT2D eigenvalue weighted by Gasteiger charge is 2.30. The van der Waals surface area contributed by atoms with Gasteiger partial charge in [0.2, 0.25) is 10.0 Å². The number of benzene rings is 1. The fraction of sp³-hybridized carbons (Fsp3) is 0.538. The van der Waals surface area contributed by atoms with Crippen molar-refractivity contribution >= 4 is 37.6 Å². The van der Waals surface area contributed by atoms with Gasteiger partial charge >= 0.3 is 0 Å². The molecule has 0 aliphatic heterocycles. The van der Waals surface area contributed by atoms with Crippen molar-refractivity contribution in [2.45, 2.75) is 42.7 Å². The Balaban J connectivity index is 2.35. The van der Waals surface area contributed by atoms with Crippen molar-refractivity contribution in [3.05, 3.63) is 21.6 Å². The van der Waals surface area contributed by atoms with E-state index in [1.165, 1.54) is 13.2 Å². The molecule has 0 aromatic heterocycles. The van der Waals surface area contributed by atoms with Gasteiger partial charge in [-0.05, 0) is 40.9 Å². The topological polar surface area (TPSA) is 75.6 Å². The van der Waals surface area contributed by atoms with Gasteiger partial charge in [-0.15, -0.1) is 0 Å². The summed E-state index contributed by atoms with van der Waals surface area (Å²) < 4.78 is 33.3. The molecular weight excluding hydrogens is 382 g/mol. The molecule has 0 spiro atoms. The summed E-state index contributed by atoms with van der Waals surface area (Å²) in [7, 11) is -2.44. The Morgan fingerprint density at radius 3 is 2.67 bits per heavy atom. The summed E-state index contributed by atoms with van der Waals surface area (Å²) >= 11 is 9.17. The number of ether oxygens (including phenoxy) is 1. The smallest absolute Gasteiger partial charge is 0.244 e. The summed E-state index contributed by atoms with van der Waals surface area (Å²) in [5, 5.41) is 10.2. The van der Waals surface area contributed by atoms with Gasteiger partial charge in [0.25, 0.3) is 0 Å². The molecule has 1 aliphatic carbocycles. The largest absolute Gasteiger partial charge is 0.494 e. The van der Waals surface area contributed by atoms with E-state index in [-0.39, 0.29) is 15.7 Å². The third kappa shape index (κ3) is 3.90. The molecule has 118 valence electrons. The number of hydrogen-bond acceptors (Lipinski definition) is 4. The Kier molecular flexibility index (Phi) is 5.54. The van der Waals surface area contributed by atoms with E-state index in [9.17, 15) is 13.5 Å². The van der Waals surface area contributed by atoms with Crippen molar-refractivity contribution in [3.8, 4) is 5.75 Å². The van der Waals surface area contributed by atoms with E-state index in [2.05, 4.69) is 20.7 Å². The highest BCUT2D eigenvalue weighted by Crippen LogP contribution is 2.35. The number of hydrogen-bond donors (Lipinski definition) is 2. The third-order valence-electron chi connectivity index (χ3n) is 3.50. The second kappa shape index (κ2) is 6.83. The van der Waals surface area contributed by atoms with Crippen molar-refractivity contribution in [3.63, 3.8) is 0 Å². The minimum atomic E-state index is -3.83. The normalized spacial score (nSPS) is 23.0. The molecule has 1 saturated carbocycles. The molecule has 0 unspecified atom stereocenters. The van der Waals surface area contributed by atoms with Gasteiger partial charge in [-0.1, -0.05) is 24.4 Å². The van der Waals surface area contributed by atoms with E-state index in [0.717, 1.165) is 12.8 Å². The van der Waals surface area contributed by atoms with Crippen LogP contribution >= 0.6 is 27.5 Å². The van der Waals surface area contributed by atoms with Crippen LogP contribution < -0.4 is 9.46 Å². The van der Waals surface area contributed by atoms with E-state index < -0.39 is 22.2 Å². The van der Waals surface area contributed by atoms with Crippen LogP contribution in [0.25, 0.3) is 0 Å². The van der Waals surface area contributed by atoms with E-state index >= 15 is 0 Å². The molecule has 2 atom stereocenters. The number of aliphatic hydroxyl groups is 1. The molecule has 1 aromatic rings. The summed E-state index contributed by atoms with van der Waals surface area (Å²) in [5.74, 6) is 0.192. The van der Waals surface area contributed by atoms with Gasteiger partial charge in [0.05, 0.1) is 17.7 Å². The lowest BCUT2D eigenvalue weighted by Gasteiger charge is -2.28. The molecular formula is C13H17BrClNO4S. The van der Waals surface area contributed by atoms with Gasteiger partial charge < -0.3 is 9.84 Å². The zero-order chi connectivity index (χ0) is 15.6. The van der Waals surface area contributed by atoms with Crippen LogP contribution in [0.2, 0.25) is 5.02 Å². The average Bonchev–Trinajstić information content (AvgIpc) is 2.40. The Morgan fingerprint density at radius 1 is 1.38 bits per heavy atom. The highest BCUT2D eigenvalue weighted by molar-refractivity contribution is 9.10. The molecule has 2 rings (SSSR count). The number of halogens is 2. The second-order valence-electron chi connectivity index (χ2n) is 5.00. The zero-order valence-corrected chi connectivity index (χ0v) is 14.6. The highest BCUT2D eigenvalue weighted by atomic mass is 79.9. The van der Waals surface area contributed by atoms with Crippen molar-refractivity contribution < 1.29 is 18.3 Å². The van der Waals surface area contributed by atoms with E-state index in [1.807, 2.05) is 0 Å². The monoisotopic (exact) mass is 397 g/mol. The van der Waals surface area contributed by atoms with Crippen LogP contribution in [-0.2, 0) is 10.0 Å². The van der Waals surface area contributed by atoms with Gasteiger partial charge in [0.15, 0.2) is 5.75 Å². The average molecular weight is 399 g/mol. The van der Waals surface area contributed by atoms with Crippen LogP contribution in [-0.4, -0.2) is 32.8 Å². The van der Waals surface area contributed by atoms with Gasteiger partial charge in [0.1, 0.15) is 4.90 Å². The molecule has 5 nitrogen and oxygen atoms in total. The quantitative estimate of drug-likeness (QED) is 0.817. The van der Waals surface area contributed by atoms with Crippen LogP contribution in [0.1, 0.15) is 25.7 Å². The first-order chi connectivity index (χ1) is 9.85. The predicted molar refractivity (Wildman–Crippen MR) is 84.3 cm³/mol. The fourth-order valence-corrected chi connectivity index (χ4v) is 5.13. The number of aliphatic hydroxyl groups excluding tert-OH is 1. The molecule has 1 aromatic carbocycles. The first-order valence-corrected chi connectivity index (χ1v) is 9.24. The summed E-state index contributed by atoms with van der Waals surface area (Å²) in [6.07, 6.45) is 2.35. The van der Waals surface area contributed by atoms with Crippen LogP contribution in [0.15, 0.2) is 21.5 Å². The number of methoxy groups -OCH3 is 1. The zero-order valence-electron chi connectivity index (χ0n) is 11.5. The number of sulfonamides is 1. The molecule has 0 saturated heterocycles. The van der Waals surface area contributed by atoms with Crippen LogP contribution in [0.3, 0.4) is 0 Å². The van der Waals surface area contributed by atoms with E-state index in [0.29, 0.717) is 17.3 Å². The number of rotatable bonds is 4. The van der Waals surface area contributed by atoms with Gasteiger partial charge in [-0.3, -0.25) is 0 Å². The molecule has 21 heavy (non-hydrogen) atoms. The summed E-state index contributed by atoms with van der Waals surface area (Å²) in [6.45, 7) is 0. The molecule has 0 amide bonds. The maximum Gasteiger partial charge on any atom is 0.244 e. The van der Waals surface area contributed by atoms with Crippen LogP contribution in [0.5, 0.6) is 5.75 Å². The first kappa shape index (κ1) is 17.0. The molecule has 1 fully saturated rings. The third-order valence-corrected chi connectivity index (χ3v) is 5.81. The minimum absolute atomic E-state index is 0.0397. The van der Waals surface area contributed by atoms with Gasteiger partial charge in [-0.2, -0.15) is 0 Å². The fourth-order valence-electron chi connectivity index (χ4n) is 2.45. The van der Waals surface area contributed by atoms with Crippen molar-refractivity contribution in [1.82, 2.24) is 4.72 Å². The van der Waals surface area contributed by atoms with E-state index in [4.69, 9.17) is 16.3 Å². The van der Waals surface area contributed by atoms with Gasteiger partial charge in [0, 0.05) is 11.1 Å². The summed E-state index contributed by atoms with van der Waals surface area (Å²) in [5.41, 5.74) is 0. The summed E-state index contributed by atoms with van der Waals surface area (Å²) in [6, 6.07) is 2.42. The SMILES string of the molecule is COc1c(Br)cc(Cl)cc1S(=O)(=O)N[C@@H]1CCCC[C@H]1O. The second-order valence-corrected chi connectivity index (χ2v) is 7.97. The van der Waals surface area contributed by atoms with Crippen molar-refractivity contribution in [2.24, 2.45) is 0 Å². The Bertz CT molecular complexity index is 623. The lowest BCUT2D eigenvalue weighted by atomic mass is 9.93. The predicted octanol–water partition coefficient (Wildman–Crippen LogP) is 2.69. The molecule has 8 heteroatoms. The summed E-state index contributed by atoms with van der Waals surface area (Å²) in [4.78, 5) is -0.0397. The molecule has 2 N–H and O–H groups in total. The van der Waals surface area contributed by atoms with E-state index in [1.54, 1.807) is 6.07 Å². The standard InChI is InChI=1S/C13H17BrClNO4S/c1-20-13-9(14)6-8(15)7-12(13)21(18,19)16-10-4-2-3-5-11(10)17/h6-7,10-11,16-17H,2-5H2,1H3/t10-,11-/m1/s1. The molecule has 1 aliphatic rings. The Morgan fingerprint density at radius 2 is 2.05 bits per heavy atom. The molecule has 0 radical (unpaired) electrons. The van der Waals surface area contributed by atoms with Gasteiger partial charge in [-0.25, -0.2) is 13.1 Å². The van der Waals surface area contributed by atoms with Crippen molar-refractivity contribution in [2.75, 3.05) is 7.11 Å². The Labute approximate surface area is 137 Å². The number of nitrogens with one attached hydrogen (secondary N) is 1. The first-order valence-electron chi connectivity index (χ1n) is 6.58. The molecule has 0 heterocycles. The minimum Gasteiger partial charge on any atom is -0.494 e. The lowest BCUT2D eigenvalue weighted by Crippen LogP contribution is -2.45. The maximum atomic E-state index is 12.5. The van der Waals surface area contributed by atoms with Crippen molar-refractivity contribution in [1.29, 1.82) is 0 Å². The Hall–Kier alpha value is -0.340. The maximum absolute atomic E-state index is 12.5. The van der Waals surface area contributed by atoms with Crippen LogP contribution in [0, 0.1) is 0 Å². The van der Waals surface area contributed by atoms with Crippen LogP contribution in [0.4, 0.5) is 0 Å². The lowest BCUT2D eigenvalue weighted by molar-refractivity contribution is 0.101. The molecule has 0 bridgehead atoms.